The second-order valence-corrected chi connectivity index (χ2v) is 5.88. The molecule has 1 saturated heterocycles. The molecule has 1 aromatic carbocycles. The van der Waals surface area contributed by atoms with Gasteiger partial charge in [-0.25, -0.2) is 4.39 Å². The predicted octanol–water partition coefficient (Wildman–Crippen LogP) is 3.07. The molecule has 4 heteroatoms. The number of methoxy groups -OCH3 is 1. The fraction of sp³-hybridized carbons (Fsp3) is 0.571. The summed E-state index contributed by atoms with van der Waals surface area (Å²) in [6.07, 6.45) is 2.60. The number of hydrogen-bond donors (Lipinski definition) is 1. The molecule has 0 aromatic heterocycles. The maximum atomic E-state index is 13.5. The topological polar surface area (TPSA) is 21.3 Å². The minimum atomic E-state index is -0.286. The van der Waals surface area contributed by atoms with Crippen molar-refractivity contribution in [3.8, 4) is 5.75 Å². The predicted molar refractivity (Wildman–Crippen MR) is 74.7 cm³/mol. The first-order valence-electron chi connectivity index (χ1n) is 6.40. The van der Waals surface area contributed by atoms with Gasteiger partial charge in [-0.05, 0) is 54.5 Å². The van der Waals surface area contributed by atoms with Gasteiger partial charge in [-0.1, -0.05) is 6.07 Å². The van der Waals surface area contributed by atoms with Gasteiger partial charge in [-0.3, -0.25) is 0 Å². The number of hydrogen-bond acceptors (Lipinski definition) is 3. The number of thioether (sulfide) groups is 1. The van der Waals surface area contributed by atoms with Crippen molar-refractivity contribution in [1.82, 2.24) is 5.32 Å². The van der Waals surface area contributed by atoms with Crippen LogP contribution < -0.4 is 10.1 Å². The molecule has 1 aromatic rings. The summed E-state index contributed by atoms with van der Waals surface area (Å²) < 4.78 is 18.4. The molecular formula is C14H20FNOS. The van der Waals surface area contributed by atoms with Crippen LogP contribution in [0.4, 0.5) is 4.39 Å². The van der Waals surface area contributed by atoms with Crippen molar-refractivity contribution >= 4 is 11.8 Å². The molecule has 1 N–H and O–H groups in total. The van der Waals surface area contributed by atoms with Crippen LogP contribution in [0.3, 0.4) is 0 Å². The zero-order valence-corrected chi connectivity index (χ0v) is 11.6. The normalized spacial score (nSPS) is 16.8. The Labute approximate surface area is 112 Å². The lowest BCUT2D eigenvalue weighted by atomic mass is 10.0. The number of nitrogens with one attached hydrogen (secondary N) is 1. The summed E-state index contributed by atoms with van der Waals surface area (Å²) in [7, 11) is 1.48. The molecule has 18 heavy (non-hydrogen) atoms. The van der Waals surface area contributed by atoms with Gasteiger partial charge in [-0.2, -0.15) is 11.8 Å². The van der Waals surface area contributed by atoms with Gasteiger partial charge in [0, 0.05) is 6.54 Å². The van der Waals surface area contributed by atoms with Gasteiger partial charge in [-0.15, -0.1) is 0 Å². The fourth-order valence-electron chi connectivity index (χ4n) is 2.19. The average Bonchev–Trinajstić information content (AvgIpc) is 2.40. The van der Waals surface area contributed by atoms with Crippen molar-refractivity contribution in [2.75, 3.05) is 25.2 Å². The van der Waals surface area contributed by atoms with Crippen molar-refractivity contribution in [3.63, 3.8) is 0 Å². The van der Waals surface area contributed by atoms with Crippen LogP contribution in [-0.4, -0.2) is 25.2 Å². The second-order valence-electron chi connectivity index (χ2n) is 4.66. The van der Waals surface area contributed by atoms with Crippen molar-refractivity contribution in [1.29, 1.82) is 0 Å². The van der Waals surface area contributed by atoms with Crippen molar-refractivity contribution < 1.29 is 9.13 Å². The average molecular weight is 269 g/mol. The highest BCUT2D eigenvalue weighted by atomic mass is 32.2. The van der Waals surface area contributed by atoms with Crippen LogP contribution >= 0.6 is 11.8 Å². The van der Waals surface area contributed by atoms with Crippen molar-refractivity contribution in [2.45, 2.75) is 19.4 Å². The summed E-state index contributed by atoms with van der Waals surface area (Å²) in [6, 6.07) is 5.14. The molecule has 0 amide bonds. The van der Waals surface area contributed by atoms with Crippen LogP contribution in [0, 0.1) is 11.7 Å². The third-order valence-electron chi connectivity index (χ3n) is 3.32. The van der Waals surface area contributed by atoms with Crippen LogP contribution in [0.15, 0.2) is 18.2 Å². The van der Waals surface area contributed by atoms with Crippen LogP contribution in [0.5, 0.6) is 5.75 Å². The molecule has 2 rings (SSSR count). The van der Waals surface area contributed by atoms with Crippen molar-refractivity contribution in [2.24, 2.45) is 5.92 Å². The molecule has 0 bridgehead atoms. The summed E-state index contributed by atoms with van der Waals surface area (Å²) >= 11 is 2.04. The zero-order chi connectivity index (χ0) is 12.8. The van der Waals surface area contributed by atoms with E-state index in [-0.39, 0.29) is 5.82 Å². The molecule has 2 nitrogen and oxygen atoms in total. The van der Waals surface area contributed by atoms with E-state index in [9.17, 15) is 4.39 Å². The number of benzene rings is 1. The second kappa shape index (κ2) is 7.00. The fourth-order valence-corrected chi connectivity index (χ4v) is 3.40. The van der Waals surface area contributed by atoms with E-state index in [1.807, 2.05) is 17.8 Å². The Balaban J connectivity index is 1.77. The van der Waals surface area contributed by atoms with Crippen LogP contribution in [-0.2, 0) is 6.54 Å². The standard InChI is InChI=1S/C14H20FNOS/c1-17-14-3-2-12(8-13(14)15)10-16-9-11-4-6-18-7-5-11/h2-3,8,11,16H,4-7,9-10H2,1H3. The monoisotopic (exact) mass is 269 g/mol. The first-order valence-corrected chi connectivity index (χ1v) is 7.56. The van der Waals surface area contributed by atoms with Gasteiger partial charge in [0.25, 0.3) is 0 Å². The number of ether oxygens (including phenoxy) is 1. The Morgan fingerprint density at radius 1 is 1.39 bits per heavy atom. The van der Waals surface area contributed by atoms with Gasteiger partial charge in [0.2, 0.25) is 0 Å². The van der Waals surface area contributed by atoms with E-state index in [1.54, 1.807) is 12.1 Å². The van der Waals surface area contributed by atoms with Gasteiger partial charge >= 0.3 is 0 Å². The smallest absolute Gasteiger partial charge is 0.165 e. The maximum absolute atomic E-state index is 13.5. The van der Waals surface area contributed by atoms with Crippen LogP contribution in [0.1, 0.15) is 18.4 Å². The van der Waals surface area contributed by atoms with Gasteiger partial charge in [0.05, 0.1) is 7.11 Å². The van der Waals surface area contributed by atoms with E-state index in [0.717, 1.165) is 24.6 Å². The Bertz CT molecular complexity index is 380. The molecule has 0 unspecified atom stereocenters. The molecule has 1 aliphatic heterocycles. The molecule has 0 aliphatic carbocycles. The lowest BCUT2D eigenvalue weighted by molar-refractivity contribution is 0.385. The zero-order valence-electron chi connectivity index (χ0n) is 10.7. The van der Waals surface area contributed by atoms with E-state index in [1.165, 1.54) is 31.5 Å². The highest BCUT2D eigenvalue weighted by Crippen LogP contribution is 2.22. The highest BCUT2D eigenvalue weighted by Gasteiger charge is 2.13. The van der Waals surface area contributed by atoms with Crippen molar-refractivity contribution in [3.05, 3.63) is 29.6 Å². The van der Waals surface area contributed by atoms with Crippen LogP contribution in [0.2, 0.25) is 0 Å². The Morgan fingerprint density at radius 3 is 2.83 bits per heavy atom. The molecule has 0 atom stereocenters. The number of halogens is 1. The van der Waals surface area contributed by atoms with Gasteiger partial charge in [0.1, 0.15) is 0 Å². The molecule has 0 radical (unpaired) electrons. The molecule has 0 spiro atoms. The Morgan fingerprint density at radius 2 is 2.17 bits per heavy atom. The third-order valence-corrected chi connectivity index (χ3v) is 4.37. The summed E-state index contributed by atoms with van der Waals surface area (Å²) in [5.41, 5.74) is 0.971. The summed E-state index contributed by atoms with van der Waals surface area (Å²) in [5, 5.41) is 3.42. The summed E-state index contributed by atoms with van der Waals surface area (Å²) in [6.45, 7) is 1.76. The Kier molecular flexibility index (Phi) is 5.32. The largest absolute Gasteiger partial charge is 0.494 e. The summed E-state index contributed by atoms with van der Waals surface area (Å²) in [5.74, 6) is 3.37. The molecular weight excluding hydrogens is 249 g/mol. The number of rotatable bonds is 5. The lowest BCUT2D eigenvalue weighted by Gasteiger charge is -2.21. The molecule has 0 saturated carbocycles. The maximum Gasteiger partial charge on any atom is 0.165 e. The first-order chi connectivity index (χ1) is 8.79. The van der Waals surface area contributed by atoms with Gasteiger partial charge in [0.15, 0.2) is 11.6 Å². The summed E-state index contributed by atoms with van der Waals surface area (Å²) in [4.78, 5) is 0. The Hall–Kier alpha value is -0.740. The van der Waals surface area contributed by atoms with Crippen LogP contribution in [0.25, 0.3) is 0 Å². The van der Waals surface area contributed by atoms with Gasteiger partial charge < -0.3 is 10.1 Å². The lowest BCUT2D eigenvalue weighted by Crippen LogP contribution is -2.25. The third kappa shape index (κ3) is 3.89. The first kappa shape index (κ1) is 13.7. The van der Waals surface area contributed by atoms with E-state index >= 15 is 0 Å². The van der Waals surface area contributed by atoms with E-state index in [2.05, 4.69) is 5.32 Å². The SMILES string of the molecule is COc1ccc(CNCC2CCSCC2)cc1F. The molecule has 1 aliphatic rings. The molecule has 1 heterocycles. The van der Waals surface area contributed by atoms with E-state index in [4.69, 9.17) is 4.74 Å². The van der Waals surface area contributed by atoms with E-state index in [0.29, 0.717) is 5.75 Å². The highest BCUT2D eigenvalue weighted by molar-refractivity contribution is 7.99. The quantitative estimate of drug-likeness (QED) is 0.887. The minimum absolute atomic E-state index is 0.286. The van der Waals surface area contributed by atoms with E-state index < -0.39 is 0 Å². The molecule has 1 fully saturated rings. The molecule has 100 valence electrons. The minimum Gasteiger partial charge on any atom is -0.494 e.